The van der Waals surface area contributed by atoms with Crippen LogP contribution in [0.15, 0.2) is 9.70 Å². The summed E-state index contributed by atoms with van der Waals surface area (Å²) in [4.78, 5) is 40.2. The van der Waals surface area contributed by atoms with Gasteiger partial charge < -0.3 is 10.0 Å². The minimum atomic E-state index is -1.01. The summed E-state index contributed by atoms with van der Waals surface area (Å²) >= 11 is 6.37. The average Bonchev–Trinajstić information content (AvgIpc) is 2.98. The van der Waals surface area contributed by atoms with E-state index in [4.69, 9.17) is 17.3 Å². The quantitative estimate of drug-likeness (QED) is 0.542. The van der Waals surface area contributed by atoms with Gasteiger partial charge in [-0.2, -0.15) is 5.26 Å². The maximum absolute atomic E-state index is 12.8. The van der Waals surface area contributed by atoms with E-state index in [1.165, 1.54) is 9.47 Å². The minimum absolute atomic E-state index is 0.00598. The number of aromatic nitrogens is 1. The monoisotopic (exact) mass is 446 g/mol. The zero-order valence-electron chi connectivity index (χ0n) is 16.8. The molecule has 2 fully saturated rings. The fourth-order valence-corrected chi connectivity index (χ4v) is 5.02. The molecule has 2 saturated heterocycles. The van der Waals surface area contributed by atoms with Crippen LogP contribution in [-0.2, 0) is 16.6 Å². The summed E-state index contributed by atoms with van der Waals surface area (Å²) in [6.07, 6.45) is 4.61. The molecule has 3 heterocycles. The molecule has 2 aliphatic rings. The van der Waals surface area contributed by atoms with Crippen molar-refractivity contribution in [1.29, 1.82) is 5.26 Å². The zero-order valence-corrected chi connectivity index (χ0v) is 18.4. The lowest BCUT2D eigenvalue weighted by Crippen LogP contribution is -2.36. The van der Waals surface area contributed by atoms with Gasteiger partial charge in [0.05, 0.1) is 11.3 Å². The van der Waals surface area contributed by atoms with Crippen molar-refractivity contribution >= 4 is 52.1 Å². The van der Waals surface area contributed by atoms with Crippen LogP contribution in [0.3, 0.4) is 0 Å². The molecule has 1 amide bonds. The lowest BCUT2D eigenvalue weighted by Gasteiger charge is -2.32. The van der Waals surface area contributed by atoms with Gasteiger partial charge in [0.25, 0.3) is 11.5 Å². The Morgan fingerprint density at radius 1 is 1.30 bits per heavy atom. The molecule has 0 bridgehead atoms. The van der Waals surface area contributed by atoms with Gasteiger partial charge in [0.2, 0.25) is 0 Å². The molecule has 0 saturated carbocycles. The second kappa shape index (κ2) is 9.02. The van der Waals surface area contributed by atoms with E-state index >= 15 is 0 Å². The van der Waals surface area contributed by atoms with E-state index in [-0.39, 0.29) is 30.0 Å². The van der Waals surface area contributed by atoms with Gasteiger partial charge in [-0.1, -0.05) is 24.0 Å². The molecule has 1 N–H and O–H groups in total. The summed E-state index contributed by atoms with van der Waals surface area (Å²) in [5.41, 5.74) is 0.860. The molecular weight excluding hydrogens is 424 g/mol. The highest BCUT2D eigenvalue weighted by Gasteiger charge is 2.33. The number of anilines is 1. The highest BCUT2D eigenvalue weighted by Crippen LogP contribution is 2.36. The van der Waals surface area contributed by atoms with Crippen LogP contribution in [0.1, 0.15) is 42.4 Å². The standard InChI is InChI=1S/C20H22N4O4S2/c1-12-13(10-15-19(28)24(20(29)30-15)9-6-16(25)26)17(23-7-4-3-5-8-23)22(2)18(27)14(12)11-21/h10H,3-9H2,1-2H3,(H,25,26)/b15-10+. The first-order chi connectivity index (χ1) is 14.3. The molecule has 158 valence electrons. The maximum Gasteiger partial charge on any atom is 0.305 e. The zero-order chi connectivity index (χ0) is 22.0. The van der Waals surface area contributed by atoms with Crippen LogP contribution in [-0.4, -0.2) is 50.4 Å². The number of carbonyl (C=O) groups is 2. The molecule has 8 nitrogen and oxygen atoms in total. The number of carbonyl (C=O) groups excluding carboxylic acids is 1. The van der Waals surface area contributed by atoms with Crippen molar-refractivity contribution in [3.05, 3.63) is 31.9 Å². The Morgan fingerprint density at radius 2 is 1.97 bits per heavy atom. The first kappa shape index (κ1) is 22.1. The molecule has 0 aliphatic carbocycles. The Morgan fingerprint density at radius 3 is 2.57 bits per heavy atom. The summed E-state index contributed by atoms with van der Waals surface area (Å²) in [6.45, 7) is 3.30. The van der Waals surface area contributed by atoms with Crippen LogP contribution in [0.25, 0.3) is 6.08 Å². The molecule has 0 aromatic carbocycles. The van der Waals surface area contributed by atoms with Crippen LogP contribution in [0.5, 0.6) is 0 Å². The van der Waals surface area contributed by atoms with Crippen LogP contribution in [0.4, 0.5) is 5.82 Å². The summed E-state index contributed by atoms with van der Waals surface area (Å²) in [7, 11) is 1.64. The van der Waals surface area contributed by atoms with E-state index in [1.807, 2.05) is 6.07 Å². The molecule has 10 heteroatoms. The number of hydrogen-bond acceptors (Lipinski definition) is 7. The van der Waals surface area contributed by atoms with Gasteiger partial charge in [0.15, 0.2) is 0 Å². The van der Waals surface area contributed by atoms with Gasteiger partial charge in [-0.15, -0.1) is 0 Å². The summed E-state index contributed by atoms with van der Waals surface area (Å²) in [6, 6.07) is 1.99. The number of carboxylic acid groups (broad SMARTS) is 1. The SMILES string of the molecule is Cc1c(/C=C2/SC(=S)N(CCC(=O)O)C2=O)c(N2CCCCC2)n(C)c(=O)c1C#N. The number of piperidine rings is 1. The average molecular weight is 447 g/mol. The molecule has 3 rings (SSSR count). The number of thiocarbonyl (C=S) groups is 1. The Hall–Kier alpha value is -2.64. The number of amides is 1. The highest BCUT2D eigenvalue weighted by molar-refractivity contribution is 8.26. The van der Waals surface area contributed by atoms with Gasteiger partial charge in [0, 0.05) is 32.2 Å². The van der Waals surface area contributed by atoms with Crippen LogP contribution in [0.2, 0.25) is 0 Å². The minimum Gasteiger partial charge on any atom is -0.481 e. The third-order valence-electron chi connectivity index (χ3n) is 5.32. The van der Waals surface area contributed by atoms with E-state index in [0.717, 1.165) is 44.1 Å². The summed E-state index contributed by atoms with van der Waals surface area (Å²) in [5.74, 6) is -0.678. The van der Waals surface area contributed by atoms with Crippen molar-refractivity contribution in [3.63, 3.8) is 0 Å². The molecule has 0 unspecified atom stereocenters. The third-order valence-corrected chi connectivity index (χ3v) is 6.70. The van der Waals surface area contributed by atoms with Crippen molar-refractivity contribution in [2.24, 2.45) is 7.05 Å². The van der Waals surface area contributed by atoms with E-state index in [1.54, 1.807) is 20.0 Å². The number of rotatable bonds is 5. The van der Waals surface area contributed by atoms with Crippen molar-refractivity contribution in [3.8, 4) is 6.07 Å². The summed E-state index contributed by atoms with van der Waals surface area (Å²) < 4.78 is 1.78. The number of hydrogen-bond donors (Lipinski definition) is 1. The van der Waals surface area contributed by atoms with Crippen molar-refractivity contribution in [2.75, 3.05) is 24.5 Å². The Labute approximate surface area is 183 Å². The Kier molecular flexibility index (Phi) is 6.63. The lowest BCUT2D eigenvalue weighted by molar-refractivity contribution is -0.137. The molecule has 0 radical (unpaired) electrons. The van der Waals surface area contributed by atoms with Gasteiger partial charge in [-0.25, -0.2) is 0 Å². The van der Waals surface area contributed by atoms with Gasteiger partial charge in [-0.3, -0.25) is 23.9 Å². The summed E-state index contributed by atoms with van der Waals surface area (Å²) in [5, 5.41) is 18.4. The molecule has 1 aromatic rings. The third kappa shape index (κ3) is 4.13. The number of aliphatic carboxylic acids is 1. The second-order valence-corrected chi connectivity index (χ2v) is 8.91. The van der Waals surface area contributed by atoms with Crippen molar-refractivity contribution in [2.45, 2.75) is 32.6 Å². The predicted octanol–water partition coefficient (Wildman–Crippen LogP) is 2.23. The van der Waals surface area contributed by atoms with Crippen LogP contribution < -0.4 is 10.5 Å². The maximum atomic E-state index is 12.8. The van der Waals surface area contributed by atoms with E-state index in [0.29, 0.717) is 26.2 Å². The molecule has 30 heavy (non-hydrogen) atoms. The van der Waals surface area contributed by atoms with Crippen LogP contribution >= 0.6 is 24.0 Å². The molecule has 0 spiro atoms. The fraction of sp³-hybridized carbons (Fsp3) is 0.450. The smallest absolute Gasteiger partial charge is 0.305 e. The molecule has 0 atom stereocenters. The van der Waals surface area contributed by atoms with Crippen molar-refractivity contribution < 1.29 is 14.7 Å². The number of thioether (sulfide) groups is 1. The molecule has 2 aliphatic heterocycles. The van der Waals surface area contributed by atoms with Crippen LogP contribution in [0, 0.1) is 18.3 Å². The first-order valence-electron chi connectivity index (χ1n) is 9.62. The van der Waals surface area contributed by atoms with E-state index in [2.05, 4.69) is 4.90 Å². The fourth-order valence-electron chi connectivity index (χ4n) is 3.73. The van der Waals surface area contributed by atoms with Gasteiger partial charge in [0.1, 0.15) is 21.8 Å². The van der Waals surface area contributed by atoms with Gasteiger partial charge >= 0.3 is 5.97 Å². The largest absolute Gasteiger partial charge is 0.481 e. The first-order valence-corrected chi connectivity index (χ1v) is 10.8. The normalized spacial score (nSPS) is 18.2. The van der Waals surface area contributed by atoms with E-state index in [9.17, 15) is 19.6 Å². The number of pyridine rings is 1. The Balaban J connectivity index is 2.11. The number of nitriles is 1. The number of nitrogens with zero attached hydrogens (tertiary/aromatic N) is 4. The Bertz CT molecular complexity index is 1050. The molecule has 1 aromatic heterocycles. The van der Waals surface area contributed by atoms with E-state index < -0.39 is 5.97 Å². The van der Waals surface area contributed by atoms with Crippen molar-refractivity contribution in [1.82, 2.24) is 9.47 Å². The topological polar surface area (TPSA) is 107 Å². The molecular formula is C20H22N4O4S2. The number of carboxylic acids is 1. The highest BCUT2D eigenvalue weighted by atomic mass is 32.2. The predicted molar refractivity (Wildman–Crippen MR) is 119 cm³/mol. The lowest BCUT2D eigenvalue weighted by atomic mass is 10.0. The van der Waals surface area contributed by atoms with Gasteiger partial charge in [-0.05, 0) is 37.8 Å². The second-order valence-electron chi connectivity index (χ2n) is 7.24.